The van der Waals surface area contributed by atoms with E-state index >= 15 is 0 Å². The number of primary amides is 1. The van der Waals surface area contributed by atoms with Crippen molar-refractivity contribution in [2.75, 3.05) is 13.1 Å². The Bertz CT molecular complexity index is 476. The maximum absolute atomic E-state index is 12.2. The van der Waals surface area contributed by atoms with E-state index in [-0.39, 0.29) is 24.2 Å². The molecule has 2 N–H and O–H groups in total. The molecule has 1 saturated heterocycles. The summed E-state index contributed by atoms with van der Waals surface area (Å²) in [5.41, 5.74) is 6.90. The topological polar surface area (TPSA) is 89.4 Å². The van der Waals surface area contributed by atoms with Crippen LogP contribution in [-0.2, 0) is 16.0 Å². The average Bonchev–Trinajstić information content (AvgIpc) is 2.70. The fourth-order valence-electron chi connectivity index (χ4n) is 2.45. The summed E-state index contributed by atoms with van der Waals surface area (Å²) in [6.07, 6.45) is 1.86. The van der Waals surface area contributed by atoms with Crippen molar-refractivity contribution >= 4 is 11.8 Å². The molecule has 1 aliphatic heterocycles. The summed E-state index contributed by atoms with van der Waals surface area (Å²) < 4.78 is 5.05. The lowest BCUT2D eigenvalue weighted by atomic mass is 9.97. The Morgan fingerprint density at radius 3 is 2.79 bits per heavy atom. The van der Waals surface area contributed by atoms with Crippen molar-refractivity contribution < 1.29 is 14.1 Å². The van der Waals surface area contributed by atoms with Crippen molar-refractivity contribution in [3.8, 4) is 0 Å². The zero-order chi connectivity index (χ0) is 14.0. The van der Waals surface area contributed by atoms with Gasteiger partial charge < -0.3 is 15.2 Å². The molecular formula is C13H19N3O3. The predicted octanol–water partition coefficient (Wildman–Crippen LogP) is 0.558. The first-order valence-electron chi connectivity index (χ1n) is 6.48. The molecule has 0 radical (unpaired) electrons. The number of carbonyl (C=O) groups is 2. The molecule has 0 saturated carbocycles. The van der Waals surface area contributed by atoms with E-state index in [9.17, 15) is 9.59 Å². The molecule has 0 spiro atoms. The van der Waals surface area contributed by atoms with E-state index in [0.29, 0.717) is 18.8 Å². The van der Waals surface area contributed by atoms with Crippen molar-refractivity contribution in [3.05, 3.63) is 17.0 Å². The Hall–Kier alpha value is -1.85. The number of carbonyl (C=O) groups excluding carboxylic acids is 2. The first-order valence-corrected chi connectivity index (χ1v) is 6.48. The molecule has 2 heterocycles. The molecule has 1 fully saturated rings. The average molecular weight is 265 g/mol. The van der Waals surface area contributed by atoms with Crippen LogP contribution >= 0.6 is 0 Å². The largest absolute Gasteiger partial charge is 0.369 e. The molecule has 0 aliphatic carbocycles. The number of aromatic nitrogens is 1. The Balaban J connectivity index is 2.02. The van der Waals surface area contributed by atoms with Crippen LogP contribution < -0.4 is 5.73 Å². The van der Waals surface area contributed by atoms with E-state index in [0.717, 1.165) is 24.1 Å². The van der Waals surface area contributed by atoms with Crippen LogP contribution in [-0.4, -0.2) is 35.0 Å². The second kappa shape index (κ2) is 5.42. The maximum atomic E-state index is 12.2. The van der Waals surface area contributed by atoms with Gasteiger partial charge in [-0.1, -0.05) is 5.16 Å². The minimum atomic E-state index is -0.324. The highest BCUT2D eigenvalue weighted by molar-refractivity contribution is 5.81. The van der Waals surface area contributed by atoms with E-state index < -0.39 is 0 Å². The quantitative estimate of drug-likeness (QED) is 0.864. The molecule has 1 aromatic rings. The lowest BCUT2D eigenvalue weighted by Crippen LogP contribution is -2.44. The fraction of sp³-hybridized carbons (Fsp3) is 0.615. The van der Waals surface area contributed by atoms with E-state index in [4.69, 9.17) is 10.3 Å². The van der Waals surface area contributed by atoms with Crippen molar-refractivity contribution in [3.63, 3.8) is 0 Å². The molecule has 104 valence electrons. The molecule has 0 unspecified atom stereocenters. The highest BCUT2D eigenvalue weighted by Crippen LogP contribution is 2.19. The SMILES string of the molecule is Cc1noc(C)c1CC(=O)N1CCC[C@@H](C(N)=O)C1. The van der Waals surface area contributed by atoms with E-state index in [1.807, 2.05) is 6.92 Å². The molecule has 0 aromatic carbocycles. The smallest absolute Gasteiger partial charge is 0.227 e. The van der Waals surface area contributed by atoms with Gasteiger partial charge in [-0.15, -0.1) is 0 Å². The molecular weight excluding hydrogens is 246 g/mol. The highest BCUT2D eigenvalue weighted by atomic mass is 16.5. The first kappa shape index (κ1) is 13.6. The van der Waals surface area contributed by atoms with Gasteiger partial charge in [0, 0.05) is 18.7 Å². The Morgan fingerprint density at radius 1 is 1.47 bits per heavy atom. The summed E-state index contributed by atoms with van der Waals surface area (Å²) in [5, 5.41) is 3.84. The Morgan fingerprint density at radius 2 is 2.21 bits per heavy atom. The van der Waals surface area contributed by atoms with Gasteiger partial charge in [0.15, 0.2) is 0 Å². The first-order chi connectivity index (χ1) is 8.99. The highest BCUT2D eigenvalue weighted by Gasteiger charge is 2.27. The number of likely N-dealkylation sites (tertiary alicyclic amines) is 1. The van der Waals surface area contributed by atoms with Crippen LogP contribution in [0.4, 0.5) is 0 Å². The number of hydrogen-bond donors (Lipinski definition) is 1. The monoisotopic (exact) mass is 265 g/mol. The zero-order valence-electron chi connectivity index (χ0n) is 11.3. The van der Waals surface area contributed by atoms with Crippen molar-refractivity contribution in [2.45, 2.75) is 33.1 Å². The maximum Gasteiger partial charge on any atom is 0.227 e. The summed E-state index contributed by atoms with van der Waals surface area (Å²) in [7, 11) is 0. The van der Waals surface area contributed by atoms with E-state index in [1.54, 1.807) is 11.8 Å². The summed E-state index contributed by atoms with van der Waals surface area (Å²) in [5.74, 6) is 0.131. The Kier molecular flexibility index (Phi) is 3.87. The molecule has 2 amide bonds. The van der Waals surface area contributed by atoms with Crippen molar-refractivity contribution in [2.24, 2.45) is 11.7 Å². The number of nitrogens with zero attached hydrogens (tertiary/aromatic N) is 2. The van der Waals surface area contributed by atoms with Gasteiger partial charge in [0.25, 0.3) is 0 Å². The second-order valence-corrected chi connectivity index (χ2v) is 5.06. The molecule has 1 aliphatic rings. The fourth-order valence-corrected chi connectivity index (χ4v) is 2.45. The number of amides is 2. The third-order valence-corrected chi connectivity index (χ3v) is 3.69. The minimum absolute atomic E-state index is 0.000324. The molecule has 2 rings (SSSR count). The van der Waals surface area contributed by atoms with Gasteiger partial charge in [0.05, 0.1) is 18.0 Å². The van der Waals surface area contributed by atoms with Crippen molar-refractivity contribution in [1.29, 1.82) is 0 Å². The summed E-state index contributed by atoms with van der Waals surface area (Å²) >= 11 is 0. The van der Waals surface area contributed by atoms with E-state index in [2.05, 4.69) is 5.16 Å². The lowest BCUT2D eigenvalue weighted by molar-refractivity contribution is -0.134. The third-order valence-electron chi connectivity index (χ3n) is 3.69. The van der Waals surface area contributed by atoms with Crippen LogP contribution in [0.2, 0.25) is 0 Å². The molecule has 6 heteroatoms. The predicted molar refractivity (Wildman–Crippen MR) is 68.2 cm³/mol. The summed E-state index contributed by atoms with van der Waals surface area (Å²) in [6, 6.07) is 0. The minimum Gasteiger partial charge on any atom is -0.369 e. The third kappa shape index (κ3) is 2.94. The van der Waals surface area contributed by atoms with Gasteiger partial charge in [-0.05, 0) is 26.7 Å². The van der Waals surface area contributed by atoms with Gasteiger partial charge in [-0.25, -0.2) is 0 Å². The number of nitrogens with two attached hydrogens (primary N) is 1. The van der Waals surface area contributed by atoms with Gasteiger partial charge >= 0.3 is 0 Å². The van der Waals surface area contributed by atoms with Crippen LogP contribution in [0, 0.1) is 19.8 Å². The van der Waals surface area contributed by atoms with E-state index in [1.165, 1.54) is 0 Å². The van der Waals surface area contributed by atoms with Crippen LogP contribution in [0.3, 0.4) is 0 Å². The molecule has 1 atom stereocenters. The zero-order valence-corrected chi connectivity index (χ0v) is 11.3. The summed E-state index contributed by atoms with van der Waals surface area (Å²) in [4.78, 5) is 25.2. The van der Waals surface area contributed by atoms with Crippen LogP contribution in [0.15, 0.2) is 4.52 Å². The molecule has 6 nitrogen and oxygen atoms in total. The van der Waals surface area contributed by atoms with Gasteiger partial charge in [0.2, 0.25) is 11.8 Å². The molecule has 19 heavy (non-hydrogen) atoms. The number of rotatable bonds is 3. The van der Waals surface area contributed by atoms with Gasteiger partial charge in [-0.3, -0.25) is 9.59 Å². The molecule has 0 bridgehead atoms. The van der Waals surface area contributed by atoms with Crippen molar-refractivity contribution in [1.82, 2.24) is 10.1 Å². The number of hydrogen-bond acceptors (Lipinski definition) is 4. The number of piperidine rings is 1. The van der Waals surface area contributed by atoms with Crippen LogP contribution in [0.5, 0.6) is 0 Å². The van der Waals surface area contributed by atoms with Crippen LogP contribution in [0.25, 0.3) is 0 Å². The standard InChI is InChI=1S/C13H19N3O3/c1-8-11(9(2)19-15-8)6-12(17)16-5-3-4-10(7-16)13(14)18/h10H,3-7H2,1-2H3,(H2,14,18)/t10-/m1/s1. The Labute approximate surface area is 111 Å². The molecule has 1 aromatic heterocycles. The second-order valence-electron chi connectivity index (χ2n) is 5.06. The van der Waals surface area contributed by atoms with Gasteiger partial charge in [-0.2, -0.15) is 0 Å². The lowest BCUT2D eigenvalue weighted by Gasteiger charge is -2.31. The van der Waals surface area contributed by atoms with Gasteiger partial charge in [0.1, 0.15) is 5.76 Å². The normalized spacial score (nSPS) is 19.5. The van der Waals surface area contributed by atoms with Crippen LogP contribution in [0.1, 0.15) is 29.9 Å². The summed E-state index contributed by atoms with van der Waals surface area (Å²) in [6.45, 7) is 4.73. The number of aryl methyl sites for hydroxylation is 2.